The van der Waals surface area contributed by atoms with Crippen LogP contribution in [0.5, 0.6) is 11.5 Å². The van der Waals surface area contributed by atoms with E-state index in [1.165, 1.54) is 18.4 Å². The van der Waals surface area contributed by atoms with Crippen LogP contribution < -0.4 is 14.8 Å². The monoisotopic (exact) mass is 291 g/mol. The summed E-state index contributed by atoms with van der Waals surface area (Å²) >= 11 is 0. The zero-order valence-corrected chi connectivity index (χ0v) is 13.9. The molecule has 0 saturated carbocycles. The first-order valence-corrected chi connectivity index (χ1v) is 8.25. The Balaban J connectivity index is 2.10. The summed E-state index contributed by atoms with van der Waals surface area (Å²) in [6.45, 7) is 10.4. The molecule has 0 radical (unpaired) electrons. The Labute approximate surface area is 129 Å². The lowest BCUT2D eigenvalue weighted by atomic mass is 9.89. The predicted molar refractivity (Wildman–Crippen MR) is 87.2 cm³/mol. The van der Waals surface area contributed by atoms with Crippen molar-refractivity contribution in [1.82, 2.24) is 5.32 Å². The smallest absolute Gasteiger partial charge is 0.128 e. The van der Waals surface area contributed by atoms with Gasteiger partial charge in [0.2, 0.25) is 0 Å². The Morgan fingerprint density at radius 3 is 2.81 bits per heavy atom. The second kappa shape index (κ2) is 7.17. The van der Waals surface area contributed by atoms with Gasteiger partial charge in [0.1, 0.15) is 17.1 Å². The van der Waals surface area contributed by atoms with Crippen molar-refractivity contribution in [2.24, 2.45) is 0 Å². The van der Waals surface area contributed by atoms with Crippen molar-refractivity contribution in [3.05, 3.63) is 23.8 Å². The van der Waals surface area contributed by atoms with Crippen molar-refractivity contribution in [3.8, 4) is 11.5 Å². The highest BCUT2D eigenvalue weighted by atomic mass is 16.5. The largest absolute Gasteiger partial charge is 0.493 e. The van der Waals surface area contributed by atoms with Crippen molar-refractivity contribution in [1.29, 1.82) is 0 Å². The Kier molecular flexibility index (Phi) is 5.51. The zero-order chi connectivity index (χ0) is 15.3. The van der Waals surface area contributed by atoms with Crippen LogP contribution in [0.1, 0.15) is 65.0 Å². The van der Waals surface area contributed by atoms with Crippen molar-refractivity contribution in [2.75, 3.05) is 13.2 Å². The fourth-order valence-electron chi connectivity index (χ4n) is 2.89. The number of nitrogens with one attached hydrogen (secondary N) is 1. The molecule has 1 aliphatic heterocycles. The van der Waals surface area contributed by atoms with Gasteiger partial charge in [0, 0.05) is 24.1 Å². The van der Waals surface area contributed by atoms with Crippen LogP contribution >= 0.6 is 0 Å². The predicted octanol–water partition coefficient (Wildman–Crippen LogP) is 4.47. The van der Waals surface area contributed by atoms with Gasteiger partial charge in [-0.15, -0.1) is 0 Å². The van der Waals surface area contributed by atoms with E-state index in [4.69, 9.17) is 9.47 Å². The average Bonchev–Trinajstić information content (AvgIpc) is 2.42. The number of benzene rings is 1. The molecule has 1 aromatic carbocycles. The first kappa shape index (κ1) is 16.2. The highest BCUT2D eigenvalue weighted by Crippen LogP contribution is 2.41. The molecule has 1 aromatic rings. The van der Waals surface area contributed by atoms with Crippen LogP contribution in [-0.4, -0.2) is 18.8 Å². The van der Waals surface area contributed by atoms with Crippen molar-refractivity contribution >= 4 is 0 Å². The summed E-state index contributed by atoms with van der Waals surface area (Å²) in [5.41, 5.74) is 1.11. The Morgan fingerprint density at radius 2 is 2.10 bits per heavy atom. The van der Waals surface area contributed by atoms with Gasteiger partial charge in [0.05, 0.1) is 6.61 Å². The molecule has 0 bridgehead atoms. The molecule has 0 fully saturated rings. The second-order valence-corrected chi connectivity index (χ2v) is 6.43. The van der Waals surface area contributed by atoms with E-state index < -0.39 is 0 Å². The molecular formula is C18H29NO2. The van der Waals surface area contributed by atoms with E-state index in [1.807, 2.05) is 6.07 Å². The highest BCUT2D eigenvalue weighted by molar-refractivity contribution is 5.44. The zero-order valence-electron chi connectivity index (χ0n) is 13.9. The molecule has 1 unspecified atom stereocenters. The first-order valence-electron chi connectivity index (χ1n) is 8.25. The highest BCUT2D eigenvalue weighted by Gasteiger charge is 2.33. The van der Waals surface area contributed by atoms with Crippen LogP contribution in [0.2, 0.25) is 0 Å². The van der Waals surface area contributed by atoms with Gasteiger partial charge < -0.3 is 14.8 Å². The minimum Gasteiger partial charge on any atom is -0.493 e. The third-order valence-corrected chi connectivity index (χ3v) is 3.91. The van der Waals surface area contributed by atoms with Gasteiger partial charge in [-0.05, 0) is 32.9 Å². The molecule has 0 spiro atoms. The van der Waals surface area contributed by atoms with Crippen LogP contribution in [0.25, 0.3) is 0 Å². The molecule has 3 heteroatoms. The van der Waals surface area contributed by atoms with Gasteiger partial charge in [0.25, 0.3) is 0 Å². The number of rotatable bonds is 7. The summed E-state index contributed by atoms with van der Waals surface area (Å²) in [5, 5.41) is 3.55. The molecule has 1 aliphatic rings. The molecule has 0 aromatic heterocycles. The van der Waals surface area contributed by atoms with Gasteiger partial charge in [-0.1, -0.05) is 32.8 Å². The summed E-state index contributed by atoms with van der Waals surface area (Å²) < 4.78 is 12.0. The molecular weight excluding hydrogens is 262 g/mol. The first-order chi connectivity index (χ1) is 10.1. The number of hydrogen-bond acceptors (Lipinski definition) is 3. The van der Waals surface area contributed by atoms with Gasteiger partial charge in [-0.3, -0.25) is 0 Å². The number of fused-ring (bicyclic) bond motifs is 1. The lowest BCUT2D eigenvalue weighted by Crippen LogP contribution is -2.39. The maximum Gasteiger partial charge on any atom is 0.128 e. The quantitative estimate of drug-likeness (QED) is 0.752. The topological polar surface area (TPSA) is 30.5 Å². The molecule has 0 amide bonds. The summed E-state index contributed by atoms with van der Waals surface area (Å²) in [4.78, 5) is 0. The molecule has 2 rings (SSSR count). The fourth-order valence-corrected chi connectivity index (χ4v) is 2.89. The molecule has 3 nitrogen and oxygen atoms in total. The summed E-state index contributed by atoms with van der Waals surface area (Å²) in [5.74, 6) is 1.88. The minimum absolute atomic E-state index is 0.138. The van der Waals surface area contributed by atoms with E-state index in [0.717, 1.165) is 37.5 Å². The van der Waals surface area contributed by atoms with Crippen LogP contribution in [0.15, 0.2) is 18.2 Å². The average molecular weight is 291 g/mol. The SMILES string of the molecule is CCCCCOc1ccc2c(c1)OC(C)(C)CC2NCC. The third kappa shape index (κ3) is 4.37. The van der Waals surface area contributed by atoms with Gasteiger partial charge in [-0.25, -0.2) is 0 Å². The third-order valence-electron chi connectivity index (χ3n) is 3.91. The molecule has 21 heavy (non-hydrogen) atoms. The van der Waals surface area contributed by atoms with Gasteiger partial charge >= 0.3 is 0 Å². The van der Waals surface area contributed by atoms with Crippen molar-refractivity contribution in [2.45, 2.75) is 65.0 Å². The standard InChI is InChI=1S/C18H29NO2/c1-5-7-8-11-20-14-9-10-15-16(19-6-2)13-18(3,4)21-17(15)12-14/h9-10,12,16,19H,5-8,11,13H2,1-4H3. The Hall–Kier alpha value is -1.22. The van der Waals surface area contributed by atoms with E-state index in [2.05, 4.69) is 45.1 Å². The van der Waals surface area contributed by atoms with Crippen LogP contribution in [0, 0.1) is 0 Å². The fraction of sp³-hybridized carbons (Fsp3) is 0.667. The van der Waals surface area contributed by atoms with Crippen LogP contribution in [-0.2, 0) is 0 Å². The molecule has 0 aliphatic carbocycles. The Bertz CT molecular complexity index is 457. The summed E-state index contributed by atoms with van der Waals surface area (Å²) in [6.07, 6.45) is 4.54. The van der Waals surface area contributed by atoms with E-state index >= 15 is 0 Å². The molecule has 1 atom stereocenters. The maximum atomic E-state index is 6.14. The molecule has 1 heterocycles. The number of ether oxygens (including phenoxy) is 2. The molecule has 118 valence electrons. The number of hydrogen-bond donors (Lipinski definition) is 1. The summed E-state index contributed by atoms with van der Waals surface area (Å²) in [7, 11) is 0. The minimum atomic E-state index is -0.138. The lowest BCUT2D eigenvalue weighted by Gasteiger charge is -2.38. The van der Waals surface area contributed by atoms with E-state index in [1.54, 1.807) is 0 Å². The lowest BCUT2D eigenvalue weighted by molar-refractivity contribution is 0.0660. The molecule has 0 saturated heterocycles. The van der Waals surface area contributed by atoms with Gasteiger partial charge in [0.15, 0.2) is 0 Å². The van der Waals surface area contributed by atoms with E-state index in [-0.39, 0.29) is 5.60 Å². The maximum absolute atomic E-state index is 6.14. The number of unbranched alkanes of at least 4 members (excludes halogenated alkanes) is 2. The van der Waals surface area contributed by atoms with Crippen molar-refractivity contribution in [3.63, 3.8) is 0 Å². The second-order valence-electron chi connectivity index (χ2n) is 6.43. The van der Waals surface area contributed by atoms with Gasteiger partial charge in [-0.2, -0.15) is 0 Å². The molecule has 1 N–H and O–H groups in total. The summed E-state index contributed by atoms with van der Waals surface area (Å²) in [6, 6.07) is 6.62. The van der Waals surface area contributed by atoms with Crippen LogP contribution in [0.3, 0.4) is 0 Å². The Morgan fingerprint density at radius 1 is 1.29 bits per heavy atom. The normalized spacial score (nSPS) is 19.7. The van der Waals surface area contributed by atoms with E-state index in [9.17, 15) is 0 Å². The van der Waals surface area contributed by atoms with E-state index in [0.29, 0.717) is 6.04 Å². The van der Waals surface area contributed by atoms with Crippen LogP contribution in [0.4, 0.5) is 0 Å². The van der Waals surface area contributed by atoms with Crippen molar-refractivity contribution < 1.29 is 9.47 Å².